The van der Waals surface area contributed by atoms with Crippen molar-refractivity contribution in [3.8, 4) is 5.75 Å². The second-order valence-electron chi connectivity index (χ2n) is 6.23. The zero-order valence-electron chi connectivity index (χ0n) is 14.3. The number of rotatable bonds is 5. The van der Waals surface area contributed by atoms with Crippen molar-refractivity contribution < 1.29 is 14.3 Å². The van der Waals surface area contributed by atoms with Crippen LogP contribution in [0.4, 0.5) is 0 Å². The first-order valence-electron chi connectivity index (χ1n) is 7.89. The number of hydrogen-bond acceptors (Lipinski definition) is 3. The minimum Gasteiger partial charge on any atom is -0.496 e. The van der Waals surface area contributed by atoms with Crippen LogP contribution in [0.15, 0.2) is 12.1 Å². The molecule has 0 N–H and O–H groups in total. The zero-order valence-corrected chi connectivity index (χ0v) is 15.1. The molecule has 0 spiro atoms. The first-order valence-corrected chi connectivity index (χ1v) is 9.51. The van der Waals surface area contributed by atoms with Crippen LogP contribution < -0.4 is 4.74 Å². The summed E-state index contributed by atoms with van der Waals surface area (Å²) in [5, 5.41) is 0.107. The Bertz CT molecular complexity index is 510. The highest BCUT2D eigenvalue weighted by Crippen LogP contribution is 2.28. The lowest BCUT2D eigenvalue weighted by atomic mass is 9.97. The van der Waals surface area contributed by atoms with Crippen LogP contribution in [0.2, 0.25) is 0 Å². The van der Waals surface area contributed by atoms with Crippen molar-refractivity contribution in [3.63, 3.8) is 0 Å². The molecule has 1 fully saturated rings. The van der Waals surface area contributed by atoms with Crippen LogP contribution in [0, 0.1) is 19.8 Å². The molecule has 3 nitrogen and oxygen atoms in total. The Hall–Kier alpha value is -1.00. The summed E-state index contributed by atoms with van der Waals surface area (Å²) in [6.45, 7) is 9.91. The quantitative estimate of drug-likeness (QED) is 0.617. The molecular weight excluding hydrogens is 296 g/mol. The lowest BCUT2D eigenvalue weighted by Gasteiger charge is -2.24. The molecule has 0 aromatic heterocycles. The Kier molecular flexibility index (Phi) is 5.93. The third-order valence-corrected chi connectivity index (χ3v) is 7.01. The van der Waals surface area contributed by atoms with Gasteiger partial charge in [-0.1, -0.05) is 13.8 Å². The van der Waals surface area contributed by atoms with Crippen LogP contribution in [0.5, 0.6) is 5.75 Å². The van der Waals surface area contributed by atoms with E-state index in [1.54, 1.807) is 7.11 Å². The summed E-state index contributed by atoms with van der Waals surface area (Å²) in [6, 6.07) is 3.96. The topological polar surface area (TPSA) is 35.5 Å². The van der Waals surface area contributed by atoms with Crippen molar-refractivity contribution in [3.05, 3.63) is 28.8 Å². The van der Waals surface area contributed by atoms with E-state index >= 15 is 0 Å². The molecular formula is C18H27O3S+. The van der Waals surface area contributed by atoms with E-state index in [2.05, 4.69) is 13.8 Å². The first kappa shape index (κ1) is 17.4. The first-order chi connectivity index (χ1) is 10.5. The van der Waals surface area contributed by atoms with Crippen molar-refractivity contribution in [2.75, 3.05) is 31.8 Å². The molecule has 1 atom stereocenters. The van der Waals surface area contributed by atoms with Gasteiger partial charge in [-0.05, 0) is 37.1 Å². The van der Waals surface area contributed by atoms with E-state index in [1.165, 1.54) is 0 Å². The Morgan fingerprint density at radius 2 is 1.73 bits per heavy atom. The van der Waals surface area contributed by atoms with Crippen molar-refractivity contribution in [1.29, 1.82) is 0 Å². The van der Waals surface area contributed by atoms with Crippen LogP contribution in [-0.4, -0.2) is 42.9 Å². The maximum atomic E-state index is 13.1. The van der Waals surface area contributed by atoms with E-state index < -0.39 is 0 Å². The normalized spacial score (nSPS) is 17.5. The number of benzene rings is 1. The highest BCUT2D eigenvalue weighted by atomic mass is 32.2. The highest BCUT2D eigenvalue weighted by molar-refractivity contribution is 7.98. The third kappa shape index (κ3) is 3.66. The van der Waals surface area contributed by atoms with Gasteiger partial charge in [0, 0.05) is 22.4 Å². The summed E-state index contributed by atoms with van der Waals surface area (Å²) in [6.07, 6.45) is 0. The third-order valence-electron chi connectivity index (χ3n) is 4.15. The summed E-state index contributed by atoms with van der Waals surface area (Å²) >= 11 is 0. The molecule has 1 aromatic carbocycles. The molecule has 4 heteroatoms. The molecule has 2 rings (SSSR count). The number of carbonyl (C=O) groups is 1. The molecule has 0 amide bonds. The molecule has 0 saturated carbocycles. The maximum absolute atomic E-state index is 13.1. The minimum absolute atomic E-state index is 0.107. The van der Waals surface area contributed by atoms with Gasteiger partial charge in [0.1, 0.15) is 17.3 Å². The molecule has 0 radical (unpaired) electrons. The van der Waals surface area contributed by atoms with E-state index in [-0.39, 0.29) is 21.9 Å². The van der Waals surface area contributed by atoms with E-state index in [0.717, 1.165) is 47.2 Å². The largest absolute Gasteiger partial charge is 0.496 e. The van der Waals surface area contributed by atoms with Gasteiger partial charge in [-0.15, -0.1) is 0 Å². The van der Waals surface area contributed by atoms with Crippen LogP contribution in [0.25, 0.3) is 0 Å². The van der Waals surface area contributed by atoms with Gasteiger partial charge in [-0.2, -0.15) is 0 Å². The van der Waals surface area contributed by atoms with Crippen molar-refractivity contribution in [1.82, 2.24) is 0 Å². The Morgan fingerprint density at radius 1 is 1.18 bits per heavy atom. The monoisotopic (exact) mass is 323 g/mol. The van der Waals surface area contributed by atoms with Crippen LogP contribution in [0.3, 0.4) is 0 Å². The van der Waals surface area contributed by atoms with Gasteiger partial charge in [0.15, 0.2) is 5.25 Å². The lowest BCUT2D eigenvalue weighted by Crippen LogP contribution is -2.43. The summed E-state index contributed by atoms with van der Waals surface area (Å²) in [5.41, 5.74) is 2.89. The predicted molar refractivity (Wildman–Crippen MR) is 93.3 cm³/mol. The average Bonchev–Trinajstić information content (AvgIpc) is 2.47. The van der Waals surface area contributed by atoms with Gasteiger partial charge < -0.3 is 9.47 Å². The molecule has 1 aromatic rings. The summed E-state index contributed by atoms with van der Waals surface area (Å²) in [7, 11) is 1.81. The van der Waals surface area contributed by atoms with Gasteiger partial charge in [0.05, 0.1) is 20.3 Å². The number of methoxy groups -OCH3 is 1. The van der Waals surface area contributed by atoms with Gasteiger partial charge in [0.2, 0.25) is 5.78 Å². The molecule has 22 heavy (non-hydrogen) atoms. The molecule has 122 valence electrons. The van der Waals surface area contributed by atoms with E-state index in [4.69, 9.17) is 9.47 Å². The number of hydrogen-bond donors (Lipinski definition) is 0. The van der Waals surface area contributed by atoms with Crippen LogP contribution in [-0.2, 0) is 15.6 Å². The predicted octanol–water partition coefficient (Wildman–Crippen LogP) is 3.17. The molecule has 1 aliphatic rings. The SMILES string of the molecule is COc1c(C)cc(C(=O)C(C(C)C)[S+]2CCOCC2)cc1C. The molecule has 1 unspecified atom stereocenters. The second-order valence-corrected chi connectivity index (χ2v) is 8.63. The fourth-order valence-corrected chi connectivity index (χ4v) is 5.79. The van der Waals surface area contributed by atoms with Gasteiger partial charge in [-0.25, -0.2) is 0 Å². The zero-order chi connectivity index (χ0) is 16.3. The van der Waals surface area contributed by atoms with Crippen molar-refractivity contribution in [2.24, 2.45) is 5.92 Å². The summed E-state index contributed by atoms with van der Waals surface area (Å²) in [5.74, 6) is 3.56. The number of ketones is 1. The average molecular weight is 323 g/mol. The Balaban J connectivity index is 2.31. The second kappa shape index (κ2) is 7.51. The number of Topliss-reactive ketones (excluding diaryl/α,β-unsaturated/α-hetero) is 1. The molecule has 0 aliphatic carbocycles. The molecule has 1 aliphatic heterocycles. The molecule has 1 heterocycles. The minimum atomic E-state index is 0.107. The Labute approximate surface area is 136 Å². The summed E-state index contributed by atoms with van der Waals surface area (Å²) in [4.78, 5) is 13.1. The number of carbonyl (C=O) groups excluding carboxylic acids is 1. The molecule has 1 saturated heterocycles. The standard InChI is InChI=1S/C18H27O3S/c1-12(2)18(22-8-6-21-7-9-22)16(19)15-10-13(3)17(20-5)14(4)11-15/h10-12,18H,6-9H2,1-5H3/q+1. The summed E-state index contributed by atoms with van der Waals surface area (Å²) < 4.78 is 10.9. The van der Waals surface area contributed by atoms with E-state index in [0.29, 0.717) is 5.92 Å². The lowest BCUT2D eigenvalue weighted by molar-refractivity contribution is 0.0972. The van der Waals surface area contributed by atoms with Crippen molar-refractivity contribution >= 4 is 16.7 Å². The maximum Gasteiger partial charge on any atom is 0.215 e. The van der Waals surface area contributed by atoms with E-state index in [1.807, 2.05) is 26.0 Å². The van der Waals surface area contributed by atoms with Gasteiger partial charge >= 0.3 is 0 Å². The fourth-order valence-electron chi connectivity index (χ4n) is 3.21. The van der Waals surface area contributed by atoms with Gasteiger partial charge in [-0.3, -0.25) is 4.79 Å². The number of aryl methyl sites for hydroxylation is 2. The number of ether oxygens (including phenoxy) is 2. The van der Waals surface area contributed by atoms with Crippen molar-refractivity contribution in [2.45, 2.75) is 32.9 Å². The smallest absolute Gasteiger partial charge is 0.215 e. The highest BCUT2D eigenvalue weighted by Gasteiger charge is 2.40. The molecule has 0 bridgehead atoms. The van der Waals surface area contributed by atoms with Crippen LogP contribution in [0.1, 0.15) is 35.3 Å². The van der Waals surface area contributed by atoms with Gasteiger partial charge in [0.25, 0.3) is 0 Å². The fraction of sp³-hybridized carbons (Fsp3) is 0.611. The van der Waals surface area contributed by atoms with E-state index in [9.17, 15) is 4.79 Å². The van der Waals surface area contributed by atoms with Crippen LogP contribution >= 0.6 is 0 Å². The Morgan fingerprint density at radius 3 is 2.18 bits per heavy atom.